The number of benzene rings is 3. The predicted molar refractivity (Wildman–Crippen MR) is 153 cm³/mol. The average molecular weight is 569 g/mol. The molecule has 2 atom stereocenters. The summed E-state index contributed by atoms with van der Waals surface area (Å²) in [5.74, 6) is -1.77. The molecule has 1 aliphatic rings. The lowest BCUT2D eigenvalue weighted by molar-refractivity contribution is -0.135. The molecule has 204 valence electrons. The number of carboxylic acids is 1. The van der Waals surface area contributed by atoms with Gasteiger partial charge < -0.3 is 20.1 Å². The minimum absolute atomic E-state index is 0.256. The first-order valence-corrected chi connectivity index (χ1v) is 13.3. The van der Waals surface area contributed by atoms with Gasteiger partial charge in [0.05, 0.1) is 0 Å². The number of fused-ring (bicyclic) bond motifs is 1. The van der Waals surface area contributed by atoms with Crippen LogP contribution in [0.4, 0.5) is 11.4 Å². The van der Waals surface area contributed by atoms with E-state index >= 15 is 0 Å². The van der Waals surface area contributed by atoms with Crippen LogP contribution in [0.15, 0.2) is 66.7 Å². The first kappa shape index (κ1) is 28.6. The Bertz CT molecular complexity index is 1400. The van der Waals surface area contributed by atoms with Gasteiger partial charge in [0.2, 0.25) is 0 Å². The third-order valence-corrected chi connectivity index (χ3v) is 6.83. The largest absolute Gasteiger partial charge is 0.480 e. The normalized spacial score (nSPS) is 17.4. The summed E-state index contributed by atoms with van der Waals surface area (Å²) < 4.78 is 6.48. The molecule has 1 heterocycles. The summed E-state index contributed by atoms with van der Waals surface area (Å²) in [6, 6.07) is 19.1. The molecule has 4 rings (SSSR count). The van der Waals surface area contributed by atoms with Gasteiger partial charge in [0, 0.05) is 51.1 Å². The fourth-order valence-electron chi connectivity index (χ4n) is 4.60. The van der Waals surface area contributed by atoms with Crippen LogP contribution in [0, 0.1) is 5.41 Å². The Hall–Kier alpha value is -3.39. The lowest BCUT2D eigenvalue weighted by Crippen LogP contribution is -2.44. The maximum atomic E-state index is 14.1. The van der Waals surface area contributed by atoms with Gasteiger partial charge in [0.25, 0.3) is 5.91 Å². The Labute approximate surface area is 237 Å². The molecule has 3 aromatic carbocycles. The van der Waals surface area contributed by atoms with Gasteiger partial charge in [-0.1, -0.05) is 74.3 Å². The fourth-order valence-corrected chi connectivity index (χ4v) is 5.02. The highest BCUT2D eigenvalue weighted by Gasteiger charge is 2.39. The number of aliphatic carboxylic acids is 1. The third kappa shape index (κ3) is 6.79. The number of hydrogen-bond donors (Lipinski definition) is 2. The van der Waals surface area contributed by atoms with Crippen LogP contribution in [0.2, 0.25) is 10.0 Å². The van der Waals surface area contributed by atoms with Crippen LogP contribution in [0.3, 0.4) is 0 Å². The van der Waals surface area contributed by atoms with Gasteiger partial charge in [0.1, 0.15) is 18.8 Å². The zero-order chi connectivity index (χ0) is 28.3. The molecule has 0 radical (unpaired) electrons. The van der Waals surface area contributed by atoms with Crippen molar-refractivity contribution >= 4 is 52.2 Å². The number of para-hydroxylation sites is 1. The first-order valence-electron chi connectivity index (χ1n) is 12.5. The van der Waals surface area contributed by atoms with Gasteiger partial charge in [-0.3, -0.25) is 14.4 Å². The first-order chi connectivity index (χ1) is 18.4. The summed E-state index contributed by atoms with van der Waals surface area (Å²) in [7, 11) is 0. The van der Waals surface area contributed by atoms with Crippen LogP contribution in [-0.4, -0.2) is 42.0 Å². The van der Waals surface area contributed by atoms with Crippen molar-refractivity contribution in [3.8, 4) is 0 Å². The number of hydrogen-bond acceptors (Lipinski definition) is 5. The number of anilines is 2. The number of ether oxygens (including phenoxy) is 1. The van der Waals surface area contributed by atoms with E-state index in [0.717, 1.165) is 0 Å². The van der Waals surface area contributed by atoms with E-state index in [-0.39, 0.29) is 35.6 Å². The van der Waals surface area contributed by atoms with E-state index in [1.807, 2.05) is 32.9 Å². The number of ketones is 1. The van der Waals surface area contributed by atoms with Crippen LogP contribution >= 0.6 is 23.2 Å². The maximum absolute atomic E-state index is 14.1. The zero-order valence-corrected chi connectivity index (χ0v) is 23.4. The van der Waals surface area contributed by atoms with Crippen LogP contribution in [0.5, 0.6) is 0 Å². The minimum Gasteiger partial charge on any atom is -0.480 e. The quantitative estimate of drug-likeness (QED) is 0.296. The van der Waals surface area contributed by atoms with Crippen LogP contribution < -0.4 is 10.2 Å². The van der Waals surface area contributed by atoms with E-state index in [9.17, 15) is 14.4 Å². The molecule has 0 spiro atoms. The number of rotatable bonds is 8. The molecule has 2 unspecified atom stereocenters. The standard InChI is InChI=1S/C30H30Cl2N2O5/c1-30(2,3)17-34-24-13-12-18(31)14-21(24)28(19-8-4-6-10-22(19)32)39-26(29(34)38)15-25(35)20-9-5-7-11-23(20)33-16-27(36)37/h4-14,26,28,33H,15-17H2,1-3H3,(H,36,37). The lowest BCUT2D eigenvalue weighted by atomic mass is 9.94. The Morgan fingerprint density at radius 3 is 2.38 bits per heavy atom. The lowest BCUT2D eigenvalue weighted by Gasteiger charge is -2.31. The molecule has 9 heteroatoms. The van der Waals surface area contributed by atoms with Crippen molar-refractivity contribution in [3.63, 3.8) is 0 Å². The number of carbonyl (C=O) groups is 3. The van der Waals surface area contributed by atoms with Gasteiger partial charge in [-0.25, -0.2) is 0 Å². The van der Waals surface area contributed by atoms with Crippen molar-refractivity contribution in [2.24, 2.45) is 5.41 Å². The third-order valence-electron chi connectivity index (χ3n) is 6.25. The van der Waals surface area contributed by atoms with E-state index < -0.39 is 18.2 Å². The molecule has 0 aromatic heterocycles. The molecule has 0 saturated heterocycles. The molecule has 0 fully saturated rings. The number of nitrogens with zero attached hydrogens (tertiary/aromatic N) is 1. The summed E-state index contributed by atoms with van der Waals surface area (Å²) in [6.45, 7) is 6.10. The number of amides is 1. The topological polar surface area (TPSA) is 95.9 Å². The zero-order valence-electron chi connectivity index (χ0n) is 21.9. The molecule has 1 aliphatic heterocycles. The fraction of sp³-hybridized carbons (Fsp3) is 0.300. The molecule has 1 amide bonds. The SMILES string of the molecule is CC(C)(C)CN1C(=O)C(CC(=O)c2ccccc2NCC(=O)O)OC(c2ccccc2Cl)c2cc(Cl)ccc21. The summed E-state index contributed by atoms with van der Waals surface area (Å²) in [5, 5.41) is 12.8. The Morgan fingerprint density at radius 1 is 1.00 bits per heavy atom. The second-order valence-electron chi connectivity index (χ2n) is 10.6. The van der Waals surface area contributed by atoms with Crippen molar-refractivity contribution in [2.45, 2.75) is 39.4 Å². The van der Waals surface area contributed by atoms with Crippen LogP contribution in [-0.2, 0) is 14.3 Å². The molecular formula is C30H30Cl2N2O5. The highest BCUT2D eigenvalue weighted by molar-refractivity contribution is 6.31. The molecule has 2 N–H and O–H groups in total. The Balaban J connectivity index is 1.79. The number of carbonyl (C=O) groups excluding carboxylic acids is 2. The molecule has 0 aliphatic carbocycles. The summed E-state index contributed by atoms with van der Waals surface area (Å²) in [5.41, 5.74) is 2.34. The highest BCUT2D eigenvalue weighted by Crippen LogP contribution is 2.42. The van der Waals surface area contributed by atoms with Crippen molar-refractivity contribution in [2.75, 3.05) is 23.3 Å². The second kappa shape index (κ2) is 11.8. The van der Waals surface area contributed by atoms with Crippen LogP contribution in [0.25, 0.3) is 0 Å². The molecule has 39 heavy (non-hydrogen) atoms. The Kier molecular flexibility index (Phi) is 8.64. The average Bonchev–Trinajstić information content (AvgIpc) is 2.97. The van der Waals surface area contributed by atoms with Crippen molar-refractivity contribution < 1.29 is 24.2 Å². The maximum Gasteiger partial charge on any atom is 0.322 e. The van der Waals surface area contributed by atoms with Gasteiger partial charge in [0.15, 0.2) is 5.78 Å². The van der Waals surface area contributed by atoms with Gasteiger partial charge >= 0.3 is 5.97 Å². The molecule has 0 saturated carbocycles. The second-order valence-corrected chi connectivity index (χ2v) is 11.5. The van der Waals surface area contributed by atoms with E-state index in [1.54, 1.807) is 59.5 Å². The monoisotopic (exact) mass is 568 g/mol. The van der Waals surface area contributed by atoms with Crippen LogP contribution in [0.1, 0.15) is 54.8 Å². The van der Waals surface area contributed by atoms with Crippen molar-refractivity contribution in [1.82, 2.24) is 0 Å². The van der Waals surface area contributed by atoms with E-state index in [0.29, 0.717) is 39.1 Å². The summed E-state index contributed by atoms with van der Waals surface area (Å²) in [6.07, 6.45) is -2.16. The van der Waals surface area contributed by atoms with Gasteiger partial charge in [-0.15, -0.1) is 0 Å². The molecule has 7 nitrogen and oxygen atoms in total. The van der Waals surface area contributed by atoms with E-state index in [1.165, 1.54) is 0 Å². The number of nitrogens with one attached hydrogen (secondary N) is 1. The molecular weight excluding hydrogens is 539 g/mol. The van der Waals surface area contributed by atoms with Gasteiger partial charge in [-0.05, 0) is 41.8 Å². The summed E-state index contributed by atoms with van der Waals surface area (Å²) >= 11 is 13.0. The van der Waals surface area contributed by atoms with Gasteiger partial charge in [-0.2, -0.15) is 0 Å². The predicted octanol–water partition coefficient (Wildman–Crippen LogP) is 6.63. The Morgan fingerprint density at radius 2 is 1.69 bits per heavy atom. The molecule has 3 aromatic rings. The van der Waals surface area contributed by atoms with E-state index in [4.69, 9.17) is 33.0 Å². The molecule has 0 bridgehead atoms. The van der Waals surface area contributed by atoms with E-state index in [2.05, 4.69) is 5.32 Å². The number of Topliss-reactive ketones (excluding diaryl/α,β-unsaturated/α-hetero) is 1. The smallest absolute Gasteiger partial charge is 0.322 e. The van der Waals surface area contributed by atoms with Crippen molar-refractivity contribution in [1.29, 1.82) is 0 Å². The number of carboxylic acid groups (broad SMARTS) is 1. The minimum atomic E-state index is -1.14. The van der Waals surface area contributed by atoms with Crippen molar-refractivity contribution in [3.05, 3.63) is 93.5 Å². The summed E-state index contributed by atoms with van der Waals surface area (Å²) in [4.78, 5) is 40.4. The number of halogens is 2. The highest BCUT2D eigenvalue weighted by atomic mass is 35.5.